The van der Waals surface area contributed by atoms with E-state index in [2.05, 4.69) is 28.0 Å². The van der Waals surface area contributed by atoms with Crippen molar-refractivity contribution < 1.29 is 14.6 Å². The van der Waals surface area contributed by atoms with E-state index >= 15 is 0 Å². The third-order valence-electron chi connectivity index (χ3n) is 3.07. The van der Waals surface area contributed by atoms with E-state index in [-0.39, 0.29) is 11.5 Å². The fraction of sp³-hybridized carbons (Fsp3) is 0.429. The van der Waals surface area contributed by atoms with Crippen molar-refractivity contribution in [2.45, 2.75) is 33.3 Å². The van der Waals surface area contributed by atoms with Gasteiger partial charge >= 0.3 is 5.97 Å². The third-order valence-corrected chi connectivity index (χ3v) is 5.26. The lowest BCUT2D eigenvalue weighted by Gasteiger charge is -2.06. The van der Waals surface area contributed by atoms with Gasteiger partial charge in [-0.25, -0.2) is 4.79 Å². The first-order valence-corrected chi connectivity index (χ1v) is 8.21. The highest BCUT2D eigenvalue weighted by molar-refractivity contribution is 9.10. The lowest BCUT2D eigenvalue weighted by molar-refractivity contribution is 0.0697. The van der Waals surface area contributed by atoms with Gasteiger partial charge in [0.15, 0.2) is 4.88 Å². The number of thiophene rings is 1. The van der Waals surface area contributed by atoms with E-state index in [0.29, 0.717) is 5.75 Å². The zero-order valence-corrected chi connectivity index (χ0v) is 14.5. The molecular weight excluding hydrogens is 356 g/mol. The van der Waals surface area contributed by atoms with Crippen LogP contribution in [0.5, 0.6) is 5.75 Å². The molecule has 0 aliphatic heterocycles. The van der Waals surface area contributed by atoms with E-state index in [9.17, 15) is 9.90 Å². The number of carbonyl (C=O) groups is 1. The van der Waals surface area contributed by atoms with E-state index in [0.717, 1.165) is 33.6 Å². The predicted molar refractivity (Wildman–Crippen MR) is 85.3 cm³/mol. The van der Waals surface area contributed by atoms with E-state index in [1.165, 1.54) is 11.3 Å². The topological polar surface area (TPSA) is 64.4 Å². The summed E-state index contributed by atoms with van der Waals surface area (Å²) < 4.78 is 8.35. The standard InChI is InChI=1S/C14H17BrN2O3S/c1-4-5-9-6-11(13(21-9)14(18)19)20-7-10-12(15)8(2)16-17(10)3/h6H,4-5,7H2,1-3H3,(H,18,19). The van der Waals surface area contributed by atoms with Crippen LogP contribution in [0.2, 0.25) is 0 Å². The van der Waals surface area contributed by atoms with E-state index < -0.39 is 5.97 Å². The highest BCUT2D eigenvalue weighted by Gasteiger charge is 2.18. The van der Waals surface area contributed by atoms with Gasteiger partial charge in [-0.1, -0.05) is 13.3 Å². The van der Waals surface area contributed by atoms with Crippen molar-refractivity contribution in [2.24, 2.45) is 7.05 Å². The number of aromatic nitrogens is 2. The first kappa shape index (κ1) is 16.0. The molecule has 2 aromatic heterocycles. The molecule has 0 radical (unpaired) electrons. The molecule has 0 saturated heterocycles. The van der Waals surface area contributed by atoms with Crippen LogP contribution in [0, 0.1) is 6.92 Å². The largest absolute Gasteiger partial charge is 0.485 e. The van der Waals surface area contributed by atoms with Gasteiger partial charge in [0.05, 0.1) is 15.9 Å². The Morgan fingerprint density at radius 3 is 2.81 bits per heavy atom. The first-order valence-electron chi connectivity index (χ1n) is 6.60. The van der Waals surface area contributed by atoms with Gasteiger partial charge in [0, 0.05) is 11.9 Å². The SMILES string of the molecule is CCCc1cc(OCc2c(Br)c(C)nn2C)c(C(=O)O)s1. The number of aryl methyl sites for hydroxylation is 3. The fourth-order valence-corrected chi connectivity index (χ4v) is 3.52. The van der Waals surface area contributed by atoms with Crippen molar-refractivity contribution in [3.05, 3.63) is 31.7 Å². The van der Waals surface area contributed by atoms with E-state index in [1.807, 2.05) is 20.0 Å². The van der Waals surface area contributed by atoms with Crippen LogP contribution in [-0.4, -0.2) is 20.9 Å². The van der Waals surface area contributed by atoms with Gasteiger partial charge in [-0.3, -0.25) is 4.68 Å². The van der Waals surface area contributed by atoms with Gasteiger partial charge in [-0.05, 0) is 35.3 Å². The Kier molecular flexibility index (Phi) is 5.05. The van der Waals surface area contributed by atoms with E-state index in [1.54, 1.807) is 4.68 Å². The van der Waals surface area contributed by atoms with Gasteiger partial charge in [-0.15, -0.1) is 11.3 Å². The molecule has 5 nitrogen and oxygen atoms in total. The third kappa shape index (κ3) is 3.47. The highest BCUT2D eigenvalue weighted by Crippen LogP contribution is 2.31. The van der Waals surface area contributed by atoms with Crippen molar-refractivity contribution in [1.29, 1.82) is 0 Å². The maximum absolute atomic E-state index is 11.3. The molecule has 21 heavy (non-hydrogen) atoms. The summed E-state index contributed by atoms with van der Waals surface area (Å²) in [5, 5.41) is 13.6. The van der Waals surface area contributed by atoms with Gasteiger partial charge in [0.25, 0.3) is 0 Å². The molecule has 0 amide bonds. The van der Waals surface area contributed by atoms with Crippen LogP contribution in [0.3, 0.4) is 0 Å². The van der Waals surface area contributed by atoms with Crippen molar-refractivity contribution in [3.63, 3.8) is 0 Å². The number of carboxylic acid groups (broad SMARTS) is 1. The highest BCUT2D eigenvalue weighted by atomic mass is 79.9. The minimum Gasteiger partial charge on any atom is -0.485 e. The molecule has 0 aliphatic rings. The molecule has 7 heteroatoms. The van der Waals surface area contributed by atoms with Gasteiger partial charge in [-0.2, -0.15) is 5.10 Å². The number of hydrogen-bond donors (Lipinski definition) is 1. The van der Waals surface area contributed by atoms with Crippen molar-refractivity contribution in [3.8, 4) is 5.75 Å². The molecule has 1 N–H and O–H groups in total. The minimum atomic E-state index is -0.947. The Balaban J connectivity index is 2.21. The zero-order chi connectivity index (χ0) is 15.6. The molecule has 2 rings (SSSR count). The second-order valence-corrected chi connectivity index (χ2v) is 6.65. The molecule has 0 saturated carbocycles. The summed E-state index contributed by atoms with van der Waals surface area (Å²) in [7, 11) is 1.84. The molecule has 0 unspecified atom stereocenters. The van der Waals surface area contributed by atoms with Crippen LogP contribution in [-0.2, 0) is 20.1 Å². The average Bonchev–Trinajstić information content (AvgIpc) is 2.91. The maximum atomic E-state index is 11.3. The number of ether oxygens (including phenoxy) is 1. The number of aromatic carboxylic acids is 1. The van der Waals surface area contributed by atoms with Crippen molar-refractivity contribution in [1.82, 2.24) is 9.78 Å². The summed E-state index contributed by atoms with van der Waals surface area (Å²) in [6.07, 6.45) is 1.84. The van der Waals surface area contributed by atoms with Crippen LogP contribution < -0.4 is 4.74 Å². The normalized spacial score (nSPS) is 10.9. The van der Waals surface area contributed by atoms with E-state index in [4.69, 9.17) is 4.74 Å². The number of rotatable bonds is 6. The van der Waals surface area contributed by atoms with Crippen LogP contribution in [0.15, 0.2) is 10.5 Å². The van der Waals surface area contributed by atoms with Crippen LogP contribution in [0.4, 0.5) is 0 Å². The number of halogens is 1. The Bertz CT molecular complexity index is 663. The molecule has 0 atom stereocenters. The summed E-state index contributed by atoms with van der Waals surface area (Å²) in [4.78, 5) is 12.6. The fourth-order valence-electron chi connectivity index (χ4n) is 2.03. The molecule has 2 heterocycles. The van der Waals surface area contributed by atoms with Gasteiger partial charge in [0.1, 0.15) is 12.4 Å². The summed E-state index contributed by atoms with van der Waals surface area (Å²) in [5.74, 6) is -0.515. The second kappa shape index (κ2) is 6.62. The lowest BCUT2D eigenvalue weighted by atomic mass is 10.3. The maximum Gasteiger partial charge on any atom is 0.349 e. The van der Waals surface area contributed by atoms with Gasteiger partial charge in [0.2, 0.25) is 0 Å². The van der Waals surface area contributed by atoms with Crippen LogP contribution in [0.25, 0.3) is 0 Å². The molecule has 0 fully saturated rings. The van der Waals surface area contributed by atoms with Crippen molar-refractivity contribution >= 4 is 33.2 Å². The lowest BCUT2D eigenvalue weighted by Crippen LogP contribution is -2.05. The average molecular weight is 373 g/mol. The second-order valence-electron chi connectivity index (χ2n) is 4.72. The number of nitrogens with zero attached hydrogens (tertiary/aromatic N) is 2. The Hall–Kier alpha value is -1.34. The minimum absolute atomic E-state index is 0.258. The molecule has 2 aromatic rings. The summed E-state index contributed by atoms with van der Waals surface area (Å²) in [5.41, 5.74) is 1.76. The Morgan fingerprint density at radius 2 is 2.29 bits per heavy atom. The number of carboxylic acids is 1. The molecule has 0 bridgehead atoms. The quantitative estimate of drug-likeness (QED) is 0.837. The summed E-state index contributed by atoms with van der Waals surface area (Å²) >= 11 is 4.76. The Morgan fingerprint density at radius 1 is 1.57 bits per heavy atom. The number of hydrogen-bond acceptors (Lipinski definition) is 4. The predicted octanol–water partition coefficient (Wildman–Crippen LogP) is 3.78. The molecule has 0 aromatic carbocycles. The van der Waals surface area contributed by atoms with Crippen LogP contribution >= 0.6 is 27.3 Å². The zero-order valence-electron chi connectivity index (χ0n) is 12.1. The van der Waals surface area contributed by atoms with Crippen LogP contribution in [0.1, 0.15) is 39.3 Å². The summed E-state index contributed by atoms with van der Waals surface area (Å²) in [6.45, 7) is 4.25. The first-order chi connectivity index (χ1) is 9.93. The monoisotopic (exact) mass is 372 g/mol. The summed E-state index contributed by atoms with van der Waals surface area (Å²) in [6, 6.07) is 1.83. The molecular formula is C14H17BrN2O3S. The molecule has 0 aliphatic carbocycles. The molecule has 0 spiro atoms. The van der Waals surface area contributed by atoms with Gasteiger partial charge < -0.3 is 9.84 Å². The van der Waals surface area contributed by atoms with Crippen molar-refractivity contribution in [2.75, 3.05) is 0 Å². The molecule has 114 valence electrons. The smallest absolute Gasteiger partial charge is 0.349 e. The Labute approximate surface area is 135 Å².